The summed E-state index contributed by atoms with van der Waals surface area (Å²) in [6.07, 6.45) is 6.13. The van der Waals surface area contributed by atoms with Gasteiger partial charge in [0.05, 0.1) is 17.0 Å². The fraction of sp³-hybridized carbons (Fsp3) is 0.367. The summed E-state index contributed by atoms with van der Waals surface area (Å²) in [7, 11) is -2.20. The number of sulfonamides is 1. The van der Waals surface area contributed by atoms with E-state index < -0.39 is 21.6 Å². The van der Waals surface area contributed by atoms with Crippen molar-refractivity contribution < 1.29 is 17.5 Å². The molecule has 216 valence electrons. The van der Waals surface area contributed by atoms with Crippen molar-refractivity contribution in [2.24, 2.45) is 0 Å². The van der Waals surface area contributed by atoms with Crippen LogP contribution >= 0.6 is 0 Å². The zero-order valence-electron chi connectivity index (χ0n) is 23.5. The molecule has 0 amide bonds. The molecule has 1 aliphatic rings. The maximum absolute atomic E-state index is 15.1. The Morgan fingerprint density at radius 1 is 1.12 bits per heavy atom. The summed E-state index contributed by atoms with van der Waals surface area (Å²) in [6.45, 7) is 6.02. The zero-order valence-corrected chi connectivity index (χ0v) is 24.3. The molecule has 0 spiro atoms. The molecule has 2 aromatic heterocycles. The molecule has 4 aromatic rings. The predicted octanol–water partition coefficient (Wildman–Crippen LogP) is 5.27. The van der Waals surface area contributed by atoms with E-state index in [1.165, 1.54) is 17.4 Å². The van der Waals surface area contributed by atoms with E-state index in [1.54, 1.807) is 36.7 Å². The number of benzene rings is 2. The van der Waals surface area contributed by atoms with E-state index in [1.807, 2.05) is 26.0 Å². The van der Waals surface area contributed by atoms with Crippen LogP contribution in [0.5, 0.6) is 11.6 Å². The van der Waals surface area contributed by atoms with Gasteiger partial charge in [-0.25, -0.2) is 32.1 Å². The maximum Gasteiger partial charge on any atom is 0.228 e. The molecule has 0 bridgehead atoms. The van der Waals surface area contributed by atoms with Crippen LogP contribution in [0.4, 0.5) is 10.3 Å². The average Bonchev–Trinajstić information content (AvgIpc) is 2.97. The van der Waals surface area contributed by atoms with Crippen molar-refractivity contribution in [1.82, 2.24) is 24.6 Å². The lowest BCUT2D eigenvalue weighted by Gasteiger charge is -2.23. The minimum absolute atomic E-state index is 0.111. The lowest BCUT2D eigenvalue weighted by molar-refractivity contribution is 0.465. The summed E-state index contributed by atoms with van der Waals surface area (Å²) in [5.74, 6) is 0.309. The van der Waals surface area contributed by atoms with Crippen LogP contribution in [0, 0.1) is 12.7 Å². The first-order valence-corrected chi connectivity index (χ1v) is 15.5. The summed E-state index contributed by atoms with van der Waals surface area (Å²) in [5, 5.41) is 7.86. The van der Waals surface area contributed by atoms with Gasteiger partial charge in [0.25, 0.3) is 0 Å². The molecule has 2 N–H and O–H groups in total. The number of anilines is 1. The quantitative estimate of drug-likeness (QED) is 0.262. The molecular weight excluding hydrogens is 543 g/mol. The first kappa shape index (κ1) is 28.8. The standard InChI is InChI=1S/C30H35FN6O3S/c1-4-17-37(3)41(38,39)19-25-22-10-9-20(2)28(23(22)11-12-26(25)31)40-29-24(8-6-15-33-29)27-13-16-34-30(36-27)35-21-7-5-14-32-18-21/h6,8-13,15-16,21,32H,4-5,7,14,17-19H2,1-3H3,(H,34,35,36)/t21-/m0/s1. The van der Waals surface area contributed by atoms with Gasteiger partial charge in [0, 0.05) is 49.5 Å². The highest BCUT2D eigenvalue weighted by atomic mass is 32.2. The summed E-state index contributed by atoms with van der Waals surface area (Å²) < 4.78 is 48.7. The van der Waals surface area contributed by atoms with E-state index in [2.05, 4.69) is 20.6 Å². The van der Waals surface area contributed by atoms with Gasteiger partial charge >= 0.3 is 0 Å². The number of rotatable bonds is 10. The molecule has 1 saturated heterocycles. The van der Waals surface area contributed by atoms with Crippen LogP contribution in [0.1, 0.15) is 37.3 Å². The van der Waals surface area contributed by atoms with Crippen LogP contribution < -0.4 is 15.4 Å². The van der Waals surface area contributed by atoms with Crippen molar-refractivity contribution >= 4 is 26.7 Å². The number of nitrogens with zero attached hydrogens (tertiary/aromatic N) is 4. The second-order valence-corrected chi connectivity index (χ2v) is 12.4. The van der Waals surface area contributed by atoms with Crippen LogP contribution in [0.2, 0.25) is 0 Å². The lowest BCUT2D eigenvalue weighted by Crippen LogP contribution is -2.38. The third kappa shape index (κ3) is 6.47. The molecule has 0 radical (unpaired) electrons. The van der Waals surface area contributed by atoms with Gasteiger partial charge in [-0.15, -0.1) is 0 Å². The van der Waals surface area contributed by atoms with E-state index >= 15 is 4.39 Å². The second kappa shape index (κ2) is 12.5. The van der Waals surface area contributed by atoms with E-state index in [0.29, 0.717) is 52.6 Å². The largest absolute Gasteiger partial charge is 0.437 e. The molecule has 1 fully saturated rings. The Morgan fingerprint density at radius 3 is 2.73 bits per heavy atom. The zero-order chi connectivity index (χ0) is 29.0. The van der Waals surface area contributed by atoms with Gasteiger partial charge in [0.15, 0.2) is 0 Å². The van der Waals surface area contributed by atoms with Crippen molar-refractivity contribution in [2.45, 2.75) is 44.9 Å². The Morgan fingerprint density at radius 2 is 1.95 bits per heavy atom. The fourth-order valence-corrected chi connectivity index (χ4v) is 6.39. The molecule has 0 aliphatic carbocycles. The van der Waals surface area contributed by atoms with Crippen LogP contribution in [-0.4, -0.2) is 60.4 Å². The smallest absolute Gasteiger partial charge is 0.228 e. The van der Waals surface area contributed by atoms with Crippen molar-refractivity contribution in [3.8, 4) is 22.9 Å². The molecule has 11 heteroatoms. The van der Waals surface area contributed by atoms with Crippen LogP contribution in [0.3, 0.4) is 0 Å². The van der Waals surface area contributed by atoms with E-state index in [9.17, 15) is 8.42 Å². The number of fused-ring (bicyclic) bond motifs is 1. The number of hydrogen-bond acceptors (Lipinski definition) is 8. The number of piperidine rings is 1. The number of nitrogens with one attached hydrogen (secondary N) is 2. The first-order valence-electron chi connectivity index (χ1n) is 13.8. The number of hydrogen-bond donors (Lipinski definition) is 2. The van der Waals surface area contributed by atoms with Crippen LogP contribution in [0.25, 0.3) is 22.0 Å². The Labute approximate surface area is 240 Å². The Kier molecular flexibility index (Phi) is 8.77. The van der Waals surface area contributed by atoms with Gasteiger partial charge in [0.1, 0.15) is 11.6 Å². The van der Waals surface area contributed by atoms with Gasteiger partial charge < -0.3 is 15.4 Å². The molecule has 9 nitrogen and oxygen atoms in total. The van der Waals surface area contributed by atoms with Crippen molar-refractivity contribution in [3.05, 3.63) is 71.8 Å². The third-order valence-electron chi connectivity index (χ3n) is 7.27. The molecule has 3 heterocycles. The summed E-state index contributed by atoms with van der Waals surface area (Å²) >= 11 is 0. The monoisotopic (exact) mass is 578 g/mol. The lowest BCUT2D eigenvalue weighted by atomic mass is 10.0. The Balaban J connectivity index is 1.50. The normalized spacial score (nSPS) is 15.8. The van der Waals surface area contributed by atoms with E-state index in [0.717, 1.165) is 31.5 Å². The highest BCUT2D eigenvalue weighted by Crippen LogP contribution is 2.38. The van der Waals surface area contributed by atoms with Crippen molar-refractivity contribution in [2.75, 3.05) is 32.0 Å². The topological polar surface area (TPSA) is 109 Å². The number of aryl methyl sites for hydroxylation is 1. The predicted molar refractivity (Wildman–Crippen MR) is 159 cm³/mol. The number of halogens is 1. The molecule has 5 rings (SSSR count). The Bertz CT molecular complexity index is 1640. The molecule has 2 aromatic carbocycles. The van der Waals surface area contributed by atoms with Gasteiger partial charge in [-0.2, -0.15) is 0 Å². The SMILES string of the molecule is CCCN(C)S(=O)(=O)Cc1c(F)ccc2c(Oc3ncccc3-c3ccnc(N[C@H]4CCCNC4)n3)c(C)ccc12. The minimum atomic E-state index is -3.71. The third-order valence-corrected chi connectivity index (χ3v) is 9.06. The second-order valence-electron chi connectivity index (χ2n) is 10.3. The van der Waals surface area contributed by atoms with Gasteiger partial charge in [-0.1, -0.05) is 19.1 Å². The van der Waals surface area contributed by atoms with Crippen molar-refractivity contribution in [1.29, 1.82) is 0 Å². The molecular formula is C30H35FN6O3S. The Hall–Kier alpha value is -3.67. The average molecular weight is 579 g/mol. The number of pyridine rings is 1. The van der Waals surface area contributed by atoms with E-state index in [4.69, 9.17) is 9.72 Å². The maximum atomic E-state index is 15.1. The van der Waals surface area contributed by atoms with Crippen LogP contribution in [0.15, 0.2) is 54.9 Å². The fourth-order valence-electron chi connectivity index (χ4n) is 5.05. The number of ether oxygens (including phenoxy) is 1. The highest BCUT2D eigenvalue weighted by Gasteiger charge is 2.23. The number of aromatic nitrogens is 3. The summed E-state index contributed by atoms with van der Waals surface area (Å²) in [6, 6.07) is 12.2. The van der Waals surface area contributed by atoms with Gasteiger partial charge in [-0.3, -0.25) is 0 Å². The molecule has 1 aliphatic heterocycles. The highest BCUT2D eigenvalue weighted by molar-refractivity contribution is 7.88. The molecule has 0 unspecified atom stereocenters. The van der Waals surface area contributed by atoms with Gasteiger partial charge in [0.2, 0.25) is 21.9 Å². The molecule has 1 atom stereocenters. The summed E-state index contributed by atoms with van der Waals surface area (Å²) in [4.78, 5) is 13.6. The van der Waals surface area contributed by atoms with Crippen molar-refractivity contribution in [3.63, 3.8) is 0 Å². The first-order chi connectivity index (χ1) is 19.8. The minimum Gasteiger partial charge on any atom is -0.437 e. The summed E-state index contributed by atoms with van der Waals surface area (Å²) in [5.41, 5.74) is 2.22. The molecule has 0 saturated carbocycles. The van der Waals surface area contributed by atoms with Crippen LogP contribution in [-0.2, 0) is 15.8 Å². The van der Waals surface area contributed by atoms with E-state index in [-0.39, 0.29) is 11.6 Å². The molecule has 41 heavy (non-hydrogen) atoms. The van der Waals surface area contributed by atoms with Gasteiger partial charge in [-0.05, 0) is 74.0 Å².